The molecule has 1 atom stereocenters. The third-order valence-electron chi connectivity index (χ3n) is 4.31. The van der Waals surface area contributed by atoms with Crippen molar-refractivity contribution in [3.63, 3.8) is 0 Å². The largest absolute Gasteiger partial charge is 0.457 e. The fraction of sp³-hybridized carbons (Fsp3) is 0.250. The number of carbonyl (C=O) groups excluding carboxylic acids is 3. The van der Waals surface area contributed by atoms with Gasteiger partial charge in [-0.15, -0.1) is 0 Å². The Bertz CT molecular complexity index is 800. The normalized spacial score (nSPS) is 16.8. The Kier molecular flexibility index (Phi) is 4.93. The number of anilines is 1. The third-order valence-corrected chi connectivity index (χ3v) is 4.31. The summed E-state index contributed by atoms with van der Waals surface area (Å²) in [6.45, 7) is 1.90. The van der Waals surface area contributed by atoms with E-state index in [-0.39, 0.29) is 31.3 Å². The summed E-state index contributed by atoms with van der Waals surface area (Å²) in [5.41, 5.74) is 2.28. The maximum Gasteiger partial charge on any atom is 0.311 e. The number of ketones is 1. The van der Waals surface area contributed by atoms with Gasteiger partial charge < -0.3 is 9.64 Å². The summed E-state index contributed by atoms with van der Waals surface area (Å²) >= 11 is 0. The van der Waals surface area contributed by atoms with Crippen molar-refractivity contribution in [2.24, 2.45) is 5.92 Å². The van der Waals surface area contributed by atoms with Gasteiger partial charge in [0, 0.05) is 24.2 Å². The minimum Gasteiger partial charge on any atom is -0.457 e. The van der Waals surface area contributed by atoms with Crippen LogP contribution in [0.5, 0.6) is 0 Å². The van der Waals surface area contributed by atoms with Crippen molar-refractivity contribution in [2.75, 3.05) is 18.1 Å². The Morgan fingerprint density at radius 3 is 2.48 bits per heavy atom. The molecule has 5 heteroatoms. The molecule has 0 saturated carbocycles. The first-order valence-corrected chi connectivity index (χ1v) is 8.17. The molecule has 0 radical (unpaired) electrons. The second-order valence-electron chi connectivity index (χ2n) is 6.09. The lowest BCUT2D eigenvalue weighted by Crippen LogP contribution is -2.27. The fourth-order valence-corrected chi connectivity index (χ4v) is 2.93. The molecule has 1 amide bonds. The van der Waals surface area contributed by atoms with Gasteiger partial charge in [0.25, 0.3) is 0 Å². The van der Waals surface area contributed by atoms with Gasteiger partial charge in [-0.3, -0.25) is 14.4 Å². The van der Waals surface area contributed by atoms with Gasteiger partial charge in [0.05, 0.1) is 5.92 Å². The number of nitrogens with zero attached hydrogens (tertiary/aromatic N) is 1. The molecule has 1 saturated heterocycles. The number of para-hydroxylation sites is 1. The van der Waals surface area contributed by atoms with Crippen molar-refractivity contribution in [2.45, 2.75) is 13.3 Å². The average Bonchev–Trinajstić information content (AvgIpc) is 3.02. The Balaban J connectivity index is 1.60. The Labute approximate surface area is 146 Å². The molecule has 0 aromatic heterocycles. The smallest absolute Gasteiger partial charge is 0.311 e. The number of carbonyl (C=O) groups is 3. The number of benzene rings is 2. The number of hydrogen-bond acceptors (Lipinski definition) is 4. The topological polar surface area (TPSA) is 63.7 Å². The minimum atomic E-state index is -0.546. The van der Waals surface area contributed by atoms with Crippen molar-refractivity contribution < 1.29 is 19.1 Å². The number of Topliss-reactive ketones (excluding diaryl/α,β-unsaturated/α-hetero) is 1. The van der Waals surface area contributed by atoms with E-state index in [9.17, 15) is 14.4 Å². The highest BCUT2D eigenvalue weighted by molar-refractivity contribution is 6.01. The second kappa shape index (κ2) is 7.30. The van der Waals surface area contributed by atoms with Gasteiger partial charge in [-0.1, -0.05) is 48.5 Å². The number of aryl methyl sites for hydroxylation is 1. The maximum absolute atomic E-state index is 12.3. The average molecular weight is 337 g/mol. The van der Waals surface area contributed by atoms with E-state index in [1.165, 1.54) is 0 Å². The van der Waals surface area contributed by atoms with Crippen LogP contribution in [0, 0.1) is 12.8 Å². The maximum atomic E-state index is 12.3. The highest BCUT2D eigenvalue weighted by atomic mass is 16.5. The molecule has 0 spiro atoms. The van der Waals surface area contributed by atoms with Gasteiger partial charge in [-0.05, 0) is 18.6 Å². The van der Waals surface area contributed by atoms with Crippen molar-refractivity contribution in [3.05, 3.63) is 65.7 Å². The Morgan fingerprint density at radius 1 is 1.08 bits per heavy atom. The van der Waals surface area contributed by atoms with E-state index in [0.717, 1.165) is 11.3 Å². The summed E-state index contributed by atoms with van der Waals surface area (Å²) in [7, 11) is 0. The van der Waals surface area contributed by atoms with E-state index in [2.05, 4.69) is 0 Å². The van der Waals surface area contributed by atoms with Crippen LogP contribution in [0.4, 0.5) is 5.69 Å². The standard InChI is InChI=1S/C20H19NO4/c1-14-7-5-6-10-17(14)21-12-16(11-19(21)23)20(24)25-13-18(22)15-8-3-2-4-9-15/h2-10,16H,11-13H2,1H3/t16-/m0/s1. The molecule has 1 aliphatic heterocycles. The van der Waals surface area contributed by atoms with Crippen molar-refractivity contribution >= 4 is 23.3 Å². The highest BCUT2D eigenvalue weighted by Gasteiger charge is 2.36. The Hall–Kier alpha value is -2.95. The molecule has 1 fully saturated rings. The first-order valence-electron chi connectivity index (χ1n) is 8.17. The van der Waals surface area contributed by atoms with Gasteiger partial charge in [-0.25, -0.2) is 0 Å². The van der Waals surface area contributed by atoms with E-state index in [0.29, 0.717) is 5.56 Å². The molecule has 0 bridgehead atoms. The van der Waals surface area contributed by atoms with Crippen LogP contribution < -0.4 is 4.90 Å². The molecular weight excluding hydrogens is 318 g/mol. The SMILES string of the molecule is Cc1ccccc1N1C[C@@H](C(=O)OCC(=O)c2ccccc2)CC1=O. The summed E-state index contributed by atoms with van der Waals surface area (Å²) in [5, 5.41) is 0. The molecule has 25 heavy (non-hydrogen) atoms. The molecule has 1 heterocycles. The van der Waals surface area contributed by atoms with E-state index in [1.54, 1.807) is 29.2 Å². The van der Waals surface area contributed by atoms with Crippen LogP contribution in [0.15, 0.2) is 54.6 Å². The lowest BCUT2D eigenvalue weighted by atomic mass is 10.1. The van der Waals surface area contributed by atoms with E-state index >= 15 is 0 Å². The molecule has 0 aliphatic carbocycles. The van der Waals surface area contributed by atoms with Gasteiger partial charge in [0.1, 0.15) is 0 Å². The molecule has 2 aromatic rings. The molecular formula is C20H19NO4. The molecule has 2 aromatic carbocycles. The summed E-state index contributed by atoms with van der Waals surface area (Å²) < 4.78 is 5.14. The second-order valence-corrected chi connectivity index (χ2v) is 6.09. The minimum absolute atomic E-state index is 0.104. The van der Waals surface area contributed by atoms with Crippen molar-refractivity contribution in [1.29, 1.82) is 0 Å². The number of rotatable bonds is 5. The van der Waals surface area contributed by atoms with E-state index in [4.69, 9.17) is 4.74 Å². The van der Waals surface area contributed by atoms with Gasteiger partial charge in [0.15, 0.2) is 12.4 Å². The monoisotopic (exact) mass is 337 g/mol. The first-order chi connectivity index (χ1) is 12.1. The van der Waals surface area contributed by atoms with Gasteiger partial charge in [-0.2, -0.15) is 0 Å². The zero-order valence-corrected chi connectivity index (χ0v) is 14.0. The molecule has 1 aliphatic rings. The molecule has 5 nitrogen and oxygen atoms in total. The quantitative estimate of drug-likeness (QED) is 0.622. The number of amides is 1. The van der Waals surface area contributed by atoms with Crippen LogP contribution in [0.2, 0.25) is 0 Å². The number of ether oxygens (including phenoxy) is 1. The predicted molar refractivity (Wildman–Crippen MR) is 93.4 cm³/mol. The van der Waals surface area contributed by atoms with Crippen LogP contribution in [0.1, 0.15) is 22.3 Å². The summed E-state index contributed by atoms with van der Waals surface area (Å²) in [4.78, 5) is 38.1. The number of hydrogen-bond donors (Lipinski definition) is 0. The van der Waals surface area contributed by atoms with E-state index < -0.39 is 11.9 Å². The first kappa shape index (κ1) is 16.9. The zero-order chi connectivity index (χ0) is 17.8. The lowest BCUT2D eigenvalue weighted by molar-refractivity contribution is -0.147. The van der Waals surface area contributed by atoms with Gasteiger partial charge in [0.2, 0.25) is 5.91 Å². The zero-order valence-electron chi connectivity index (χ0n) is 14.0. The number of esters is 1. The van der Waals surface area contributed by atoms with Crippen molar-refractivity contribution in [3.8, 4) is 0 Å². The molecule has 3 rings (SSSR count). The van der Waals surface area contributed by atoms with Crippen molar-refractivity contribution in [1.82, 2.24) is 0 Å². The predicted octanol–water partition coefficient (Wildman–Crippen LogP) is 2.77. The molecule has 0 N–H and O–H groups in total. The summed E-state index contributed by atoms with van der Waals surface area (Å²) in [6.07, 6.45) is 0.104. The third kappa shape index (κ3) is 3.76. The summed E-state index contributed by atoms with van der Waals surface area (Å²) in [6, 6.07) is 16.2. The van der Waals surface area contributed by atoms with Crippen LogP contribution in [-0.2, 0) is 14.3 Å². The Morgan fingerprint density at radius 2 is 1.76 bits per heavy atom. The van der Waals surface area contributed by atoms with Crippen LogP contribution in [0.25, 0.3) is 0 Å². The van der Waals surface area contributed by atoms with Gasteiger partial charge >= 0.3 is 5.97 Å². The van der Waals surface area contributed by atoms with Crippen LogP contribution >= 0.6 is 0 Å². The van der Waals surface area contributed by atoms with E-state index in [1.807, 2.05) is 37.3 Å². The fourth-order valence-electron chi connectivity index (χ4n) is 2.93. The van der Waals surface area contributed by atoms with Crippen LogP contribution in [-0.4, -0.2) is 30.8 Å². The lowest BCUT2D eigenvalue weighted by Gasteiger charge is -2.18. The molecule has 0 unspecified atom stereocenters. The molecule has 128 valence electrons. The highest BCUT2D eigenvalue weighted by Crippen LogP contribution is 2.28. The summed E-state index contributed by atoms with van der Waals surface area (Å²) in [5.74, 6) is -1.41. The van der Waals surface area contributed by atoms with Crippen LogP contribution in [0.3, 0.4) is 0 Å².